The number of piperazine rings is 1. The summed E-state index contributed by atoms with van der Waals surface area (Å²) in [4.78, 5) is 14.2. The molecule has 4 heteroatoms. The average Bonchev–Trinajstić information content (AvgIpc) is 2.37. The lowest BCUT2D eigenvalue weighted by atomic mass is 10.0. The summed E-state index contributed by atoms with van der Waals surface area (Å²) in [6.07, 6.45) is 0. The van der Waals surface area contributed by atoms with Crippen molar-refractivity contribution in [3.8, 4) is 0 Å². The first kappa shape index (κ1) is 14.0. The maximum atomic E-state index is 12.1. The average molecular weight is 261 g/mol. The molecular weight excluding hydrogens is 238 g/mol. The molecule has 1 aromatic rings. The lowest BCUT2D eigenvalue weighted by Crippen LogP contribution is -2.46. The Morgan fingerprint density at radius 3 is 2.47 bits per heavy atom. The van der Waals surface area contributed by atoms with Gasteiger partial charge in [-0.05, 0) is 43.5 Å². The van der Waals surface area contributed by atoms with E-state index in [1.807, 2.05) is 6.92 Å². The van der Waals surface area contributed by atoms with Crippen LogP contribution in [0, 0.1) is 20.8 Å². The fourth-order valence-corrected chi connectivity index (χ4v) is 2.36. The van der Waals surface area contributed by atoms with Crippen LogP contribution in [-0.2, 0) is 4.79 Å². The number of hydrogen-bond acceptors (Lipinski definition) is 3. The summed E-state index contributed by atoms with van der Waals surface area (Å²) in [6, 6.07) is 4.18. The van der Waals surface area contributed by atoms with E-state index < -0.39 is 0 Å². The third-order valence-electron chi connectivity index (χ3n) is 3.69. The normalized spacial score (nSPS) is 16.4. The minimum absolute atomic E-state index is 0.0771. The van der Waals surface area contributed by atoms with Crippen LogP contribution in [0.25, 0.3) is 0 Å². The number of carbonyl (C=O) groups excluding carboxylic acids is 1. The number of aryl methyl sites for hydroxylation is 3. The van der Waals surface area contributed by atoms with Crippen molar-refractivity contribution >= 4 is 11.6 Å². The minimum atomic E-state index is 0.0771. The topological polar surface area (TPSA) is 44.4 Å². The van der Waals surface area contributed by atoms with Gasteiger partial charge < -0.3 is 10.6 Å². The molecule has 0 bridgehead atoms. The maximum Gasteiger partial charge on any atom is 0.238 e. The molecule has 1 aliphatic rings. The lowest BCUT2D eigenvalue weighted by Gasteiger charge is -2.26. The van der Waals surface area contributed by atoms with E-state index in [0.717, 1.165) is 37.4 Å². The number of anilines is 1. The van der Waals surface area contributed by atoms with E-state index in [4.69, 9.17) is 0 Å². The molecule has 2 rings (SSSR count). The van der Waals surface area contributed by atoms with E-state index in [2.05, 4.69) is 41.5 Å². The van der Waals surface area contributed by atoms with Gasteiger partial charge in [-0.2, -0.15) is 0 Å². The fraction of sp³-hybridized carbons (Fsp3) is 0.533. The first-order valence-corrected chi connectivity index (χ1v) is 6.87. The predicted octanol–water partition coefficient (Wildman–Crippen LogP) is 1.46. The Morgan fingerprint density at radius 2 is 1.79 bits per heavy atom. The third-order valence-corrected chi connectivity index (χ3v) is 3.69. The van der Waals surface area contributed by atoms with Crippen molar-refractivity contribution in [2.75, 3.05) is 38.0 Å². The van der Waals surface area contributed by atoms with Crippen molar-refractivity contribution < 1.29 is 4.79 Å². The SMILES string of the molecule is Cc1cc(C)c(NC(=O)CN2CCNCC2)cc1C. The highest BCUT2D eigenvalue weighted by Gasteiger charge is 2.14. The molecule has 104 valence electrons. The second-order valence-electron chi connectivity index (χ2n) is 5.33. The number of hydrogen-bond donors (Lipinski definition) is 2. The summed E-state index contributed by atoms with van der Waals surface area (Å²) >= 11 is 0. The Kier molecular flexibility index (Phi) is 4.56. The van der Waals surface area contributed by atoms with E-state index in [0.29, 0.717) is 6.54 Å². The van der Waals surface area contributed by atoms with Crippen LogP contribution in [0.5, 0.6) is 0 Å². The van der Waals surface area contributed by atoms with Gasteiger partial charge in [0.25, 0.3) is 0 Å². The van der Waals surface area contributed by atoms with Gasteiger partial charge in [-0.1, -0.05) is 6.07 Å². The van der Waals surface area contributed by atoms with Crippen molar-refractivity contribution in [2.24, 2.45) is 0 Å². The molecule has 0 spiro atoms. The second-order valence-corrected chi connectivity index (χ2v) is 5.33. The van der Waals surface area contributed by atoms with Crippen molar-refractivity contribution in [1.29, 1.82) is 0 Å². The number of amides is 1. The summed E-state index contributed by atoms with van der Waals surface area (Å²) < 4.78 is 0. The molecule has 0 unspecified atom stereocenters. The molecule has 0 saturated carbocycles. The Hall–Kier alpha value is -1.39. The monoisotopic (exact) mass is 261 g/mol. The van der Waals surface area contributed by atoms with Crippen LogP contribution in [0.3, 0.4) is 0 Å². The molecule has 1 fully saturated rings. The van der Waals surface area contributed by atoms with Gasteiger partial charge in [-0.25, -0.2) is 0 Å². The first-order chi connectivity index (χ1) is 9.06. The third kappa shape index (κ3) is 3.78. The minimum Gasteiger partial charge on any atom is -0.325 e. The molecule has 1 aromatic carbocycles. The highest BCUT2D eigenvalue weighted by molar-refractivity contribution is 5.93. The summed E-state index contributed by atoms with van der Waals surface area (Å²) in [7, 11) is 0. The summed E-state index contributed by atoms with van der Waals surface area (Å²) in [5, 5.41) is 6.31. The summed E-state index contributed by atoms with van der Waals surface area (Å²) in [5.74, 6) is 0.0771. The molecule has 19 heavy (non-hydrogen) atoms. The molecule has 0 aromatic heterocycles. The van der Waals surface area contributed by atoms with Crippen LogP contribution in [-0.4, -0.2) is 43.5 Å². The highest BCUT2D eigenvalue weighted by atomic mass is 16.2. The second kappa shape index (κ2) is 6.17. The van der Waals surface area contributed by atoms with Gasteiger partial charge in [0.15, 0.2) is 0 Å². The Labute approximate surface area is 115 Å². The van der Waals surface area contributed by atoms with E-state index in [1.54, 1.807) is 0 Å². The molecule has 1 amide bonds. The van der Waals surface area contributed by atoms with Crippen molar-refractivity contribution in [3.63, 3.8) is 0 Å². The number of carbonyl (C=O) groups is 1. The van der Waals surface area contributed by atoms with E-state index in [1.165, 1.54) is 11.1 Å². The van der Waals surface area contributed by atoms with Crippen LogP contribution in [0.2, 0.25) is 0 Å². The van der Waals surface area contributed by atoms with Gasteiger partial charge in [0.2, 0.25) is 5.91 Å². The zero-order valence-electron chi connectivity index (χ0n) is 12.0. The van der Waals surface area contributed by atoms with Crippen LogP contribution in [0.1, 0.15) is 16.7 Å². The van der Waals surface area contributed by atoms with Gasteiger partial charge >= 0.3 is 0 Å². The molecule has 1 saturated heterocycles. The van der Waals surface area contributed by atoms with Crippen molar-refractivity contribution in [1.82, 2.24) is 10.2 Å². The highest BCUT2D eigenvalue weighted by Crippen LogP contribution is 2.19. The van der Waals surface area contributed by atoms with Gasteiger partial charge in [0.05, 0.1) is 6.54 Å². The van der Waals surface area contributed by atoms with Crippen LogP contribution in [0.4, 0.5) is 5.69 Å². The molecule has 2 N–H and O–H groups in total. The molecular formula is C15H23N3O. The number of rotatable bonds is 3. The molecule has 0 atom stereocenters. The van der Waals surface area contributed by atoms with Crippen LogP contribution >= 0.6 is 0 Å². The fourth-order valence-electron chi connectivity index (χ4n) is 2.36. The molecule has 4 nitrogen and oxygen atoms in total. The van der Waals surface area contributed by atoms with E-state index in [9.17, 15) is 4.79 Å². The number of nitrogens with one attached hydrogen (secondary N) is 2. The maximum absolute atomic E-state index is 12.1. The largest absolute Gasteiger partial charge is 0.325 e. The molecule has 0 radical (unpaired) electrons. The zero-order chi connectivity index (χ0) is 13.8. The smallest absolute Gasteiger partial charge is 0.238 e. The van der Waals surface area contributed by atoms with E-state index >= 15 is 0 Å². The first-order valence-electron chi connectivity index (χ1n) is 6.87. The number of benzene rings is 1. The van der Waals surface area contributed by atoms with Crippen LogP contribution < -0.4 is 10.6 Å². The quantitative estimate of drug-likeness (QED) is 0.865. The lowest BCUT2D eigenvalue weighted by molar-refractivity contribution is -0.117. The van der Waals surface area contributed by atoms with Crippen molar-refractivity contribution in [3.05, 3.63) is 28.8 Å². The number of nitrogens with zero attached hydrogens (tertiary/aromatic N) is 1. The molecule has 0 aliphatic carbocycles. The standard InChI is InChI=1S/C15H23N3O/c1-11-8-13(3)14(9-12(11)2)17-15(19)10-18-6-4-16-5-7-18/h8-9,16H,4-7,10H2,1-3H3,(H,17,19). The Bertz CT molecular complexity index is 465. The van der Waals surface area contributed by atoms with Gasteiger partial charge in [0.1, 0.15) is 0 Å². The van der Waals surface area contributed by atoms with E-state index in [-0.39, 0.29) is 5.91 Å². The Balaban J connectivity index is 1.96. The van der Waals surface area contributed by atoms with Gasteiger partial charge in [-0.3, -0.25) is 9.69 Å². The molecule has 1 heterocycles. The zero-order valence-corrected chi connectivity index (χ0v) is 12.0. The van der Waals surface area contributed by atoms with Gasteiger partial charge in [-0.15, -0.1) is 0 Å². The van der Waals surface area contributed by atoms with Gasteiger partial charge in [0, 0.05) is 31.9 Å². The molecule has 1 aliphatic heterocycles. The van der Waals surface area contributed by atoms with Crippen molar-refractivity contribution in [2.45, 2.75) is 20.8 Å². The summed E-state index contributed by atoms with van der Waals surface area (Å²) in [5.41, 5.74) is 4.53. The summed E-state index contributed by atoms with van der Waals surface area (Å²) in [6.45, 7) is 10.5. The predicted molar refractivity (Wildman–Crippen MR) is 78.6 cm³/mol. The van der Waals surface area contributed by atoms with Crippen LogP contribution in [0.15, 0.2) is 12.1 Å². The Morgan fingerprint density at radius 1 is 1.16 bits per heavy atom.